The van der Waals surface area contributed by atoms with Crippen LogP contribution in [-0.2, 0) is 16.1 Å². The van der Waals surface area contributed by atoms with Crippen molar-refractivity contribution in [1.29, 1.82) is 0 Å². The predicted molar refractivity (Wildman–Crippen MR) is 78.2 cm³/mol. The normalized spacial score (nSPS) is 14.2. The number of rotatable bonds is 4. The number of hydrogen-bond donors (Lipinski definition) is 0. The molecule has 5 nitrogen and oxygen atoms in total. The highest BCUT2D eigenvalue weighted by atomic mass is 16.5. The molecule has 20 heavy (non-hydrogen) atoms. The van der Waals surface area contributed by atoms with Crippen LogP contribution in [0.4, 0.5) is 5.69 Å². The topological polar surface area (TPSA) is 42.0 Å². The summed E-state index contributed by atoms with van der Waals surface area (Å²) in [4.78, 5) is 15.9. The molecule has 1 heterocycles. The zero-order valence-electron chi connectivity index (χ0n) is 12.4. The number of benzene rings is 1. The highest BCUT2D eigenvalue weighted by Crippen LogP contribution is 2.27. The van der Waals surface area contributed by atoms with E-state index in [0.29, 0.717) is 26.3 Å². The van der Waals surface area contributed by atoms with E-state index in [9.17, 15) is 4.79 Å². The lowest BCUT2D eigenvalue weighted by atomic mass is 10.1. The van der Waals surface area contributed by atoms with Crippen molar-refractivity contribution in [1.82, 2.24) is 4.90 Å². The number of hydrogen-bond acceptors (Lipinski definition) is 4. The average Bonchev–Trinajstić information content (AvgIpc) is 2.65. The number of nitrogens with zero attached hydrogens (tertiary/aromatic N) is 2. The van der Waals surface area contributed by atoms with E-state index < -0.39 is 0 Å². The standard InChI is InChI=1S/C15H22N2O3/c1-4-19-11-15(18)17-7-8-20-14-6-5-13(16(2)3)9-12(14)10-17/h5-6,9H,4,7-8,10-11H2,1-3H3. The number of carbonyl (C=O) groups is 1. The van der Waals surface area contributed by atoms with Gasteiger partial charge in [-0.2, -0.15) is 0 Å². The minimum absolute atomic E-state index is 0.0126. The average molecular weight is 278 g/mol. The maximum absolute atomic E-state index is 12.1. The molecule has 1 aromatic carbocycles. The highest BCUT2D eigenvalue weighted by molar-refractivity contribution is 5.77. The monoisotopic (exact) mass is 278 g/mol. The molecule has 110 valence electrons. The van der Waals surface area contributed by atoms with Gasteiger partial charge in [-0.05, 0) is 25.1 Å². The zero-order chi connectivity index (χ0) is 14.5. The molecule has 2 rings (SSSR count). The van der Waals surface area contributed by atoms with Crippen LogP contribution < -0.4 is 9.64 Å². The Labute approximate surface area is 120 Å². The van der Waals surface area contributed by atoms with E-state index in [1.54, 1.807) is 4.90 Å². The first kappa shape index (κ1) is 14.7. The van der Waals surface area contributed by atoms with Gasteiger partial charge in [0.25, 0.3) is 0 Å². The van der Waals surface area contributed by atoms with E-state index in [1.807, 2.05) is 38.1 Å². The van der Waals surface area contributed by atoms with Crippen LogP contribution in [0.2, 0.25) is 0 Å². The van der Waals surface area contributed by atoms with Gasteiger partial charge < -0.3 is 19.3 Å². The Hall–Kier alpha value is -1.75. The second-order valence-electron chi connectivity index (χ2n) is 4.99. The van der Waals surface area contributed by atoms with Crippen LogP contribution in [0.5, 0.6) is 5.75 Å². The molecule has 1 amide bonds. The molecule has 0 atom stereocenters. The molecule has 0 bridgehead atoms. The lowest BCUT2D eigenvalue weighted by Gasteiger charge is -2.20. The van der Waals surface area contributed by atoms with Crippen LogP contribution in [0.3, 0.4) is 0 Å². The van der Waals surface area contributed by atoms with Crippen molar-refractivity contribution < 1.29 is 14.3 Å². The zero-order valence-corrected chi connectivity index (χ0v) is 12.4. The summed E-state index contributed by atoms with van der Waals surface area (Å²) in [7, 11) is 3.99. The summed E-state index contributed by atoms with van der Waals surface area (Å²) in [5.41, 5.74) is 2.14. The number of fused-ring (bicyclic) bond motifs is 1. The summed E-state index contributed by atoms with van der Waals surface area (Å²) in [5.74, 6) is 0.876. The Morgan fingerprint density at radius 1 is 1.45 bits per heavy atom. The molecular weight excluding hydrogens is 256 g/mol. The highest BCUT2D eigenvalue weighted by Gasteiger charge is 2.20. The fraction of sp³-hybridized carbons (Fsp3) is 0.533. The largest absolute Gasteiger partial charge is 0.491 e. The Morgan fingerprint density at radius 2 is 2.25 bits per heavy atom. The summed E-state index contributed by atoms with van der Waals surface area (Å²) in [6, 6.07) is 6.07. The Kier molecular flexibility index (Phi) is 4.84. The van der Waals surface area contributed by atoms with Crippen LogP contribution in [-0.4, -0.2) is 51.3 Å². The van der Waals surface area contributed by atoms with Gasteiger partial charge in [0.15, 0.2) is 0 Å². The van der Waals surface area contributed by atoms with Gasteiger partial charge in [0.2, 0.25) is 5.91 Å². The van der Waals surface area contributed by atoms with Gasteiger partial charge >= 0.3 is 0 Å². The van der Waals surface area contributed by atoms with Gasteiger partial charge in [-0.3, -0.25) is 4.79 Å². The summed E-state index contributed by atoms with van der Waals surface area (Å²) in [5, 5.41) is 0. The number of carbonyl (C=O) groups excluding carboxylic acids is 1. The van der Waals surface area contributed by atoms with E-state index in [-0.39, 0.29) is 12.5 Å². The van der Waals surface area contributed by atoms with Crippen molar-refractivity contribution in [2.75, 3.05) is 45.4 Å². The second-order valence-corrected chi connectivity index (χ2v) is 4.99. The van der Waals surface area contributed by atoms with E-state index in [1.165, 1.54) is 0 Å². The number of amides is 1. The number of anilines is 1. The molecule has 0 saturated carbocycles. The molecule has 0 saturated heterocycles. The van der Waals surface area contributed by atoms with Gasteiger partial charge in [0, 0.05) is 38.5 Å². The molecule has 0 radical (unpaired) electrons. The molecule has 5 heteroatoms. The maximum Gasteiger partial charge on any atom is 0.248 e. The molecule has 0 unspecified atom stereocenters. The summed E-state index contributed by atoms with van der Waals surface area (Å²) in [6.07, 6.45) is 0. The summed E-state index contributed by atoms with van der Waals surface area (Å²) < 4.78 is 10.9. The van der Waals surface area contributed by atoms with Gasteiger partial charge in [0.05, 0.1) is 6.54 Å². The Morgan fingerprint density at radius 3 is 2.95 bits per heavy atom. The van der Waals surface area contributed by atoms with E-state index in [2.05, 4.69) is 6.07 Å². The van der Waals surface area contributed by atoms with Crippen molar-refractivity contribution in [3.8, 4) is 5.75 Å². The third kappa shape index (κ3) is 3.42. The molecule has 1 aromatic rings. The number of ether oxygens (including phenoxy) is 2. The lowest BCUT2D eigenvalue weighted by Crippen LogP contribution is -2.35. The van der Waals surface area contributed by atoms with Crippen LogP contribution in [0.25, 0.3) is 0 Å². The van der Waals surface area contributed by atoms with E-state index in [4.69, 9.17) is 9.47 Å². The second kappa shape index (κ2) is 6.61. The Bertz CT molecular complexity index is 474. The smallest absolute Gasteiger partial charge is 0.248 e. The molecule has 0 N–H and O–H groups in total. The molecule has 0 fully saturated rings. The summed E-state index contributed by atoms with van der Waals surface area (Å²) in [6.45, 7) is 4.26. The van der Waals surface area contributed by atoms with Crippen LogP contribution in [0, 0.1) is 0 Å². The molecule has 0 aliphatic carbocycles. The fourth-order valence-electron chi connectivity index (χ4n) is 2.15. The molecule has 1 aliphatic heterocycles. The van der Waals surface area contributed by atoms with Crippen molar-refractivity contribution in [3.63, 3.8) is 0 Å². The first-order chi connectivity index (χ1) is 9.61. The van der Waals surface area contributed by atoms with Crippen molar-refractivity contribution in [2.45, 2.75) is 13.5 Å². The van der Waals surface area contributed by atoms with E-state index in [0.717, 1.165) is 17.0 Å². The molecular formula is C15H22N2O3. The maximum atomic E-state index is 12.1. The first-order valence-corrected chi connectivity index (χ1v) is 6.90. The fourth-order valence-corrected chi connectivity index (χ4v) is 2.15. The van der Waals surface area contributed by atoms with Gasteiger partial charge in [0.1, 0.15) is 19.0 Å². The predicted octanol–water partition coefficient (Wildman–Crippen LogP) is 1.51. The SMILES string of the molecule is CCOCC(=O)N1CCOc2ccc(N(C)C)cc2C1. The Balaban J connectivity index is 2.15. The summed E-state index contributed by atoms with van der Waals surface area (Å²) >= 11 is 0. The minimum atomic E-state index is 0.0126. The quantitative estimate of drug-likeness (QED) is 0.837. The lowest BCUT2D eigenvalue weighted by molar-refractivity contribution is -0.136. The van der Waals surface area contributed by atoms with Crippen molar-refractivity contribution in [2.24, 2.45) is 0 Å². The van der Waals surface area contributed by atoms with Gasteiger partial charge in [-0.25, -0.2) is 0 Å². The third-order valence-electron chi connectivity index (χ3n) is 3.32. The van der Waals surface area contributed by atoms with E-state index >= 15 is 0 Å². The van der Waals surface area contributed by atoms with Crippen LogP contribution in [0.15, 0.2) is 18.2 Å². The third-order valence-corrected chi connectivity index (χ3v) is 3.32. The first-order valence-electron chi connectivity index (χ1n) is 6.90. The molecule has 1 aliphatic rings. The van der Waals surface area contributed by atoms with Crippen LogP contribution in [0.1, 0.15) is 12.5 Å². The minimum Gasteiger partial charge on any atom is -0.491 e. The van der Waals surface area contributed by atoms with Crippen molar-refractivity contribution in [3.05, 3.63) is 23.8 Å². The molecule has 0 spiro atoms. The van der Waals surface area contributed by atoms with Crippen molar-refractivity contribution >= 4 is 11.6 Å². The molecule has 0 aromatic heterocycles. The van der Waals surface area contributed by atoms with Crippen LogP contribution >= 0.6 is 0 Å². The van der Waals surface area contributed by atoms with Gasteiger partial charge in [-0.1, -0.05) is 0 Å². The van der Waals surface area contributed by atoms with Gasteiger partial charge in [-0.15, -0.1) is 0 Å².